The summed E-state index contributed by atoms with van der Waals surface area (Å²) in [6.45, 7) is 0.235. The summed E-state index contributed by atoms with van der Waals surface area (Å²) in [5.41, 5.74) is 6.64. The van der Waals surface area contributed by atoms with Gasteiger partial charge in [0.05, 0.1) is 0 Å². The lowest BCUT2D eigenvalue weighted by atomic mass is 10.1. The fraction of sp³-hybridized carbons (Fsp3) is 0.222. The molecule has 1 rings (SSSR count). The maximum atomic E-state index is 10.2. The molecular weight excluding hydrogens is 168 g/mol. The second-order valence-corrected chi connectivity index (χ2v) is 2.70. The molecule has 0 spiro atoms. The molecule has 70 valence electrons. The number of amides is 1. The normalized spacial score (nSPS) is 12.1. The third-order valence-electron chi connectivity index (χ3n) is 1.70. The van der Waals surface area contributed by atoms with Crippen molar-refractivity contribution in [2.24, 2.45) is 5.73 Å². The van der Waals surface area contributed by atoms with E-state index in [1.54, 1.807) is 0 Å². The van der Waals surface area contributed by atoms with Gasteiger partial charge in [-0.2, -0.15) is 0 Å². The van der Waals surface area contributed by atoms with Crippen molar-refractivity contribution in [2.75, 3.05) is 6.54 Å². The Kier molecular flexibility index (Phi) is 3.28. The Hall–Kier alpha value is -1.55. The Morgan fingerprint density at radius 1 is 1.46 bits per heavy atom. The molecule has 1 unspecified atom stereocenters. The fourth-order valence-corrected chi connectivity index (χ4v) is 1.02. The summed E-state index contributed by atoms with van der Waals surface area (Å²) >= 11 is 0. The topological polar surface area (TPSA) is 75.3 Å². The zero-order chi connectivity index (χ0) is 9.68. The van der Waals surface area contributed by atoms with Gasteiger partial charge < -0.3 is 16.2 Å². The van der Waals surface area contributed by atoms with Crippen LogP contribution in [0.1, 0.15) is 11.6 Å². The molecule has 0 aliphatic carbocycles. The third-order valence-corrected chi connectivity index (χ3v) is 1.70. The summed E-state index contributed by atoms with van der Waals surface area (Å²) in [6.07, 6.45) is -1.05. The number of hydrogen-bond donors (Lipinski definition) is 3. The quantitative estimate of drug-likeness (QED) is 0.648. The van der Waals surface area contributed by atoms with E-state index in [9.17, 15) is 4.79 Å². The molecule has 0 radical (unpaired) electrons. The molecule has 1 amide bonds. The van der Waals surface area contributed by atoms with Crippen molar-refractivity contribution in [3.8, 4) is 0 Å². The predicted molar refractivity (Wildman–Crippen MR) is 49.4 cm³/mol. The molecule has 0 saturated heterocycles. The number of rotatable bonds is 3. The average molecular weight is 180 g/mol. The number of carboxylic acid groups (broad SMARTS) is 1. The number of carbonyl (C=O) groups is 1. The SMILES string of the molecule is NC(CNC(=O)O)c1ccccc1. The highest BCUT2D eigenvalue weighted by atomic mass is 16.4. The molecule has 4 nitrogen and oxygen atoms in total. The van der Waals surface area contributed by atoms with Gasteiger partial charge in [0.2, 0.25) is 0 Å². The van der Waals surface area contributed by atoms with Crippen LogP contribution in [0.3, 0.4) is 0 Å². The molecule has 13 heavy (non-hydrogen) atoms. The third kappa shape index (κ3) is 3.13. The van der Waals surface area contributed by atoms with Crippen LogP contribution in [0.4, 0.5) is 4.79 Å². The molecule has 0 aromatic heterocycles. The van der Waals surface area contributed by atoms with Gasteiger partial charge in [0, 0.05) is 12.6 Å². The molecule has 0 heterocycles. The van der Waals surface area contributed by atoms with E-state index in [4.69, 9.17) is 10.8 Å². The van der Waals surface area contributed by atoms with Crippen molar-refractivity contribution in [2.45, 2.75) is 6.04 Å². The smallest absolute Gasteiger partial charge is 0.404 e. The number of benzene rings is 1. The lowest BCUT2D eigenvalue weighted by Gasteiger charge is -2.10. The Bertz CT molecular complexity index is 274. The van der Waals surface area contributed by atoms with Gasteiger partial charge in [-0.3, -0.25) is 0 Å². The van der Waals surface area contributed by atoms with Crippen molar-refractivity contribution in [3.05, 3.63) is 35.9 Å². The van der Waals surface area contributed by atoms with Crippen LogP contribution in [0, 0.1) is 0 Å². The molecule has 0 fully saturated rings. The minimum Gasteiger partial charge on any atom is -0.465 e. The van der Waals surface area contributed by atoms with Gasteiger partial charge in [0.25, 0.3) is 0 Å². The van der Waals surface area contributed by atoms with Gasteiger partial charge in [-0.05, 0) is 5.56 Å². The van der Waals surface area contributed by atoms with Crippen molar-refractivity contribution >= 4 is 6.09 Å². The number of hydrogen-bond acceptors (Lipinski definition) is 2. The van der Waals surface area contributed by atoms with Crippen LogP contribution < -0.4 is 11.1 Å². The standard InChI is InChI=1S/C9H12N2O2/c10-8(6-11-9(12)13)7-4-2-1-3-5-7/h1-5,8,11H,6,10H2,(H,12,13). The largest absolute Gasteiger partial charge is 0.465 e. The zero-order valence-corrected chi connectivity index (χ0v) is 7.10. The Morgan fingerprint density at radius 3 is 2.62 bits per heavy atom. The van der Waals surface area contributed by atoms with E-state index in [0.29, 0.717) is 0 Å². The van der Waals surface area contributed by atoms with Crippen LogP contribution >= 0.6 is 0 Å². The highest BCUT2D eigenvalue weighted by Crippen LogP contribution is 2.07. The van der Waals surface area contributed by atoms with Crippen molar-refractivity contribution in [1.29, 1.82) is 0 Å². The van der Waals surface area contributed by atoms with E-state index in [1.807, 2.05) is 30.3 Å². The minimum atomic E-state index is -1.05. The van der Waals surface area contributed by atoms with Gasteiger partial charge in [0.15, 0.2) is 0 Å². The monoisotopic (exact) mass is 180 g/mol. The summed E-state index contributed by atoms with van der Waals surface area (Å²) in [7, 11) is 0. The molecule has 1 aromatic rings. The second-order valence-electron chi connectivity index (χ2n) is 2.70. The summed E-state index contributed by atoms with van der Waals surface area (Å²) in [5.74, 6) is 0. The van der Waals surface area contributed by atoms with Crippen LogP contribution in [0.15, 0.2) is 30.3 Å². The fourth-order valence-electron chi connectivity index (χ4n) is 1.02. The van der Waals surface area contributed by atoms with Crippen molar-refractivity contribution in [1.82, 2.24) is 5.32 Å². The molecule has 0 saturated carbocycles. The lowest BCUT2D eigenvalue weighted by molar-refractivity contribution is 0.193. The minimum absolute atomic E-state index is 0.235. The molecule has 0 aliphatic heterocycles. The summed E-state index contributed by atoms with van der Waals surface area (Å²) < 4.78 is 0. The van der Waals surface area contributed by atoms with Crippen LogP contribution in [0.5, 0.6) is 0 Å². The second kappa shape index (κ2) is 4.47. The number of nitrogens with one attached hydrogen (secondary N) is 1. The number of nitrogens with two attached hydrogens (primary N) is 1. The van der Waals surface area contributed by atoms with E-state index in [1.165, 1.54) is 0 Å². The maximum absolute atomic E-state index is 10.2. The summed E-state index contributed by atoms with van der Waals surface area (Å²) in [6, 6.07) is 9.09. The van der Waals surface area contributed by atoms with E-state index in [2.05, 4.69) is 5.32 Å². The van der Waals surface area contributed by atoms with Gasteiger partial charge >= 0.3 is 6.09 Å². The summed E-state index contributed by atoms with van der Waals surface area (Å²) in [4.78, 5) is 10.2. The lowest BCUT2D eigenvalue weighted by Crippen LogP contribution is -2.30. The molecule has 1 atom stereocenters. The first-order valence-electron chi connectivity index (χ1n) is 3.97. The van der Waals surface area contributed by atoms with Crippen LogP contribution in [0.2, 0.25) is 0 Å². The van der Waals surface area contributed by atoms with E-state index in [0.717, 1.165) is 5.56 Å². The molecule has 0 bridgehead atoms. The zero-order valence-electron chi connectivity index (χ0n) is 7.10. The van der Waals surface area contributed by atoms with Crippen LogP contribution in [0.25, 0.3) is 0 Å². The first-order valence-corrected chi connectivity index (χ1v) is 3.97. The average Bonchev–Trinajstić information content (AvgIpc) is 2.15. The Balaban J connectivity index is 2.49. The van der Waals surface area contributed by atoms with E-state index < -0.39 is 6.09 Å². The van der Waals surface area contributed by atoms with E-state index in [-0.39, 0.29) is 12.6 Å². The highest BCUT2D eigenvalue weighted by molar-refractivity contribution is 5.64. The van der Waals surface area contributed by atoms with Crippen molar-refractivity contribution in [3.63, 3.8) is 0 Å². The highest BCUT2D eigenvalue weighted by Gasteiger charge is 2.05. The molecule has 4 N–H and O–H groups in total. The predicted octanol–water partition coefficient (Wildman–Crippen LogP) is 0.954. The molecular formula is C9H12N2O2. The molecule has 4 heteroatoms. The first kappa shape index (κ1) is 9.54. The van der Waals surface area contributed by atoms with Crippen LogP contribution in [-0.2, 0) is 0 Å². The van der Waals surface area contributed by atoms with E-state index >= 15 is 0 Å². The Morgan fingerprint density at radius 2 is 2.08 bits per heavy atom. The first-order chi connectivity index (χ1) is 6.20. The maximum Gasteiger partial charge on any atom is 0.404 e. The van der Waals surface area contributed by atoms with Crippen molar-refractivity contribution < 1.29 is 9.90 Å². The van der Waals surface area contributed by atoms with Crippen LogP contribution in [-0.4, -0.2) is 17.7 Å². The van der Waals surface area contributed by atoms with Gasteiger partial charge in [-0.1, -0.05) is 30.3 Å². The summed E-state index contributed by atoms with van der Waals surface area (Å²) in [5, 5.41) is 10.6. The molecule has 1 aromatic carbocycles. The van der Waals surface area contributed by atoms with Gasteiger partial charge in [-0.25, -0.2) is 4.79 Å². The molecule has 0 aliphatic rings. The van der Waals surface area contributed by atoms with Gasteiger partial charge in [-0.15, -0.1) is 0 Å². The Labute approximate surface area is 76.4 Å². The van der Waals surface area contributed by atoms with Gasteiger partial charge in [0.1, 0.15) is 0 Å².